The summed E-state index contributed by atoms with van der Waals surface area (Å²) in [5, 5.41) is 22.5. The van der Waals surface area contributed by atoms with Gasteiger partial charge in [0.1, 0.15) is 18.1 Å². The standard InChI is InChI=1S/C31H25N3O6/c1-20-3-2-4-22(17-20)19-40-26-11-7-24(8-12-26)29(35)27-28(23-5-9-25(10-6-23)34(38)39)33(31(37)30(27)36)18-21-13-15-32-16-14-21/h2-17,28,35H,18-19H2,1H3/b29-27-. The Balaban J connectivity index is 1.48. The summed E-state index contributed by atoms with van der Waals surface area (Å²) >= 11 is 0. The number of hydrogen-bond donors (Lipinski definition) is 1. The fourth-order valence-electron chi connectivity index (χ4n) is 4.69. The van der Waals surface area contributed by atoms with Crippen LogP contribution in [0.15, 0.2) is 103 Å². The van der Waals surface area contributed by atoms with Crippen molar-refractivity contribution in [2.24, 2.45) is 0 Å². The number of carbonyl (C=O) groups is 2. The molecule has 9 nitrogen and oxygen atoms in total. The fourth-order valence-corrected chi connectivity index (χ4v) is 4.69. The monoisotopic (exact) mass is 535 g/mol. The summed E-state index contributed by atoms with van der Waals surface area (Å²) in [6.07, 6.45) is 3.16. The van der Waals surface area contributed by atoms with E-state index in [1.54, 1.807) is 48.8 Å². The van der Waals surface area contributed by atoms with Crippen molar-refractivity contribution in [3.63, 3.8) is 0 Å². The molecule has 1 atom stereocenters. The Bertz CT molecular complexity index is 1600. The van der Waals surface area contributed by atoms with Crippen molar-refractivity contribution < 1.29 is 24.4 Å². The fraction of sp³-hybridized carbons (Fsp3) is 0.129. The summed E-state index contributed by atoms with van der Waals surface area (Å²) in [5.74, 6) is -1.39. The summed E-state index contributed by atoms with van der Waals surface area (Å²) in [4.78, 5) is 42.5. The molecule has 0 aliphatic carbocycles. The van der Waals surface area contributed by atoms with Crippen LogP contribution in [0.25, 0.3) is 5.76 Å². The van der Waals surface area contributed by atoms with Gasteiger partial charge < -0.3 is 14.7 Å². The van der Waals surface area contributed by atoms with Gasteiger partial charge in [-0.3, -0.25) is 24.7 Å². The molecule has 1 fully saturated rings. The Morgan fingerprint density at radius 3 is 2.33 bits per heavy atom. The highest BCUT2D eigenvalue weighted by molar-refractivity contribution is 6.46. The molecule has 40 heavy (non-hydrogen) atoms. The molecule has 9 heteroatoms. The molecule has 5 rings (SSSR count). The highest BCUT2D eigenvalue weighted by Crippen LogP contribution is 2.40. The van der Waals surface area contributed by atoms with Gasteiger partial charge in [-0.1, -0.05) is 29.8 Å². The molecule has 1 saturated heterocycles. The van der Waals surface area contributed by atoms with Crippen LogP contribution in [-0.4, -0.2) is 31.6 Å². The first-order valence-electron chi connectivity index (χ1n) is 12.5. The van der Waals surface area contributed by atoms with E-state index in [-0.39, 0.29) is 23.6 Å². The average Bonchev–Trinajstić information content (AvgIpc) is 3.21. The number of aryl methyl sites for hydroxylation is 1. The number of likely N-dealkylation sites (tertiary alicyclic amines) is 1. The first kappa shape index (κ1) is 26.3. The molecule has 4 aromatic rings. The van der Waals surface area contributed by atoms with Gasteiger partial charge in [-0.05, 0) is 72.1 Å². The number of rotatable bonds is 8. The zero-order valence-electron chi connectivity index (χ0n) is 21.6. The Morgan fingerprint density at radius 2 is 1.68 bits per heavy atom. The lowest BCUT2D eigenvalue weighted by atomic mass is 9.95. The molecule has 2 heterocycles. The highest BCUT2D eigenvalue weighted by Gasteiger charge is 2.46. The molecule has 1 aromatic heterocycles. The number of nitro groups is 1. The van der Waals surface area contributed by atoms with Crippen LogP contribution < -0.4 is 4.74 Å². The van der Waals surface area contributed by atoms with Crippen molar-refractivity contribution >= 4 is 23.1 Å². The van der Waals surface area contributed by atoms with Crippen LogP contribution >= 0.6 is 0 Å². The van der Waals surface area contributed by atoms with Gasteiger partial charge in [0.2, 0.25) is 0 Å². The molecular formula is C31H25N3O6. The van der Waals surface area contributed by atoms with Crippen LogP contribution in [0, 0.1) is 17.0 Å². The third kappa shape index (κ3) is 5.44. The molecule has 0 radical (unpaired) electrons. The number of ketones is 1. The van der Waals surface area contributed by atoms with Crippen LogP contribution in [0.4, 0.5) is 5.69 Å². The van der Waals surface area contributed by atoms with Crippen LogP contribution in [0.3, 0.4) is 0 Å². The number of Topliss-reactive ketones (excluding diaryl/α,β-unsaturated/α-hetero) is 1. The van der Waals surface area contributed by atoms with E-state index in [9.17, 15) is 24.8 Å². The van der Waals surface area contributed by atoms with Crippen molar-refractivity contribution in [2.75, 3.05) is 0 Å². The molecule has 3 aromatic carbocycles. The summed E-state index contributed by atoms with van der Waals surface area (Å²) in [6.45, 7) is 2.45. The normalized spacial score (nSPS) is 16.2. The number of carbonyl (C=O) groups excluding carboxylic acids is 2. The molecule has 1 unspecified atom stereocenters. The quantitative estimate of drug-likeness (QED) is 0.104. The molecule has 1 aliphatic heterocycles. The summed E-state index contributed by atoms with van der Waals surface area (Å²) in [6, 6.07) is 22.6. The Morgan fingerprint density at radius 1 is 0.975 bits per heavy atom. The van der Waals surface area contributed by atoms with E-state index >= 15 is 0 Å². The third-order valence-electron chi connectivity index (χ3n) is 6.68. The second-order valence-electron chi connectivity index (χ2n) is 9.43. The van der Waals surface area contributed by atoms with E-state index < -0.39 is 22.7 Å². The van der Waals surface area contributed by atoms with E-state index in [2.05, 4.69) is 4.98 Å². The van der Waals surface area contributed by atoms with Crippen LogP contribution in [0.5, 0.6) is 5.75 Å². The number of pyridine rings is 1. The van der Waals surface area contributed by atoms with Crippen LogP contribution in [0.1, 0.15) is 33.9 Å². The predicted octanol–water partition coefficient (Wildman–Crippen LogP) is 5.50. The van der Waals surface area contributed by atoms with Crippen molar-refractivity contribution in [3.05, 3.63) is 141 Å². The van der Waals surface area contributed by atoms with E-state index in [1.165, 1.54) is 29.2 Å². The minimum atomic E-state index is -0.953. The van der Waals surface area contributed by atoms with Crippen molar-refractivity contribution in [3.8, 4) is 5.75 Å². The van der Waals surface area contributed by atoms with Gasteiger partial charge in [0.05, 0.1) is 16.5 Å². The number of nitro benzene ring substituents is 1. The average molecular weight is 536 g/mol. The smallest absolute Gasteiger partial charge is 0.295 e. The van der Waals surface area contributed by atoms with Crippen molar-refractivity contribution in [1.29, 1.82) is 0 Å². The summed E-state index contributed by atoms with van der Waals surface area (Å²) in [7, 11) is 0. The topological polar surface area (TPSA) is 123 Å². The largest absolute Gasteiger partial charge is 0.507 e. The molecule has 0 saturated carbocycles. The van der Waals surface area contributed by atoms with E-state index in [0.717, 1.165) is 16.7 Å². The summed E-state index contributed by atoms with van der Waals surface area (Å²) < 4.78 is 5.86. The van der Waals surface area contributed by atoms with Crippen LogP contribution in [-0.2, 0) is 22.7 Å². The van der Waals surface area contributed by atoms with Gasteiger partial charge in [0.25, 0.3) is 17.4 Å². The number of benzene rings is 3. The SMILES string of the molecule is Cc1cccc(COc2ccc(/C(O)=C3/C(=O)C(=O)N(Cc4ccncc4)C3c3ccc([N+](=O)[O-])cc3)cc2)c1. The van der Waals surface area contributed by atoms with Gasteiger partial charge in [-0.25, -0.2) is 0 Å². The number of aliphatic hydroxyl groups excluding tert-OH is 1. The zero-order chi connectivity index (χ0) is 28.2. The second-order valence-corrected chi connectivity index (χ2v) is 9.43. The molecule has 1 N–H and O–H groups in total. The lowest BCUT2D eigenvalue weighted by Gasteiger charge is -2.25. The highest BCUT2D eigenvalue weighted by atomic mass is 16.6. The molecule has 1 aliphatic rings. The lowest BCUT2D eigenvalue weighted by molar-refractivity contribution is -0.384. The van der Waals surface area contributed by atoms with E-state index in [0.29, 0.717) is 23.5 Å². The Hall–Kier alpha value is -5.31. The van der Waals surface area contributed by atoms with Crippen LogP contribution in [0.2, 0.25) is 0 Å². The number of aliphatic hydroxyl groups is 1. The maximum atomic E-state index is 13.3. The van der Waals surface area contributed by atoms with Gasteiger partial charge in [0, 0.05) is 36.6 Å². The first-order chi connectivity index (χ1) is 19.3. The van der Waals surface area contributed by atoms with Gasteiger partial charge in [-0.2, -0.15) is 0 Å². The summed E-state index contributed by atoms with van der Waals surface area (Å²) in [5.41, 5.74) is 3.44. The number of aromatic nitrogens is 1. The van der Waals surface area contributed by atoms with Gasteiger partial charge in [0.15, 0.2) is 0 Å². The lowest BCUT2D eigenvalue weighted by Crippen LogP contribution is -2.29. The number of hydrogen-bond acceptors (Lipinski definition) is 7. The first-order valence-corrected chi connectivity index (χ1v) is 12.5. The van der Waals surface area contributed by atoms with Gasteiger partial charge >= 0.3 is 0 Å². The minimum absolute atomic E-state index is 0.0806. The van der Waals surface area contributed by atoms with Gasteiger partial charge in [-0.15, -0.1) is 0 Å². The number of nitrogens with zero attached hydrogens (tertiary/aromatic N) is 3. The zero-order valence-corrected chi connectivity index (χ0v) is 21.6. The number of ether oxygens (including phenoxy) is 1. The maximum Gasteiger partial charge on any atom is 0.295 e. The molecular weight excluding hydrogens is 510 g/mol. The van der Waals surface area contributed by atoms with E-state index in [1.807, 2.05) is 31.2 Å². The number of amides is 1. The minimum Gasteiger partial charge on any atom is -0.507 e. The van der Waals surface area contributed by atoms with Crippen molar-refractivity contribution in [1.82, 2.24) is 9.88 Å². The molecule has 200 valence electrons. The van der Waals surface area contributed by atoms with E-state index in [4.69, 9.17) is 4.74 Å². The molecule has 0 bridgehead atoms. The molecule has 1 amide bonds. The second kappa shape index (κ2) is 11.2. The Labute approximate surface area is 230 Å². The maximum absolute atomic E-state index is 13.3. The van der Waals surface area contributed by atoms with Crippen molar-refractivity contribution in [2.45, 2.75) is 26.1 Å². The molecule has 0 spiro atoms. The Kier molecular flexibility index (Phi) is 7.37. The number of non-ortho nitro benzene ring substituents is 1. The predicted molar refractivity (Wildman–Crippen MR) is 147 cm³/mol. The third-order valence-corrected chi connectivity index (χ3v) is 6.68.